The Bertz CT molecular complexity index is 306. The average Bonchev–Trinajstić information content (AvgIpc) is 2.13. The Morgan fingerprint density at radius 1 is 0.765 bits per heavy atom. The maximum atomic E-state index is 12.3. The van der Waals surface area contributed by atoms with E-state index in [0.29, 0.717) is 0 Å². The van der Waals surface area contributed by atoms with Crippen molar-refractivity contribution in [2.24, 2.45) is 0 Å². The minimum atomic E-state index is -7.22. The molecule has 0 unspecified atom stereocenters. The van der Waals surface area contributed by atoms with Crippen molar-refractivity contribution in [2.75, 3.05) is 0 Å². The number of carbonyl (C=O) groups excluding carboxylic acids is 1. The van der Waals surface area contributed by atoms with Crippen molar-refractivity contribution >= 4 is 5.97 Å². The highest BCUT2D eigenvalue weighted by Crippen LogP contribution is 2.53. The fourth-order valence-corrected chi connectivity index (χ4v) is 0.556. The van der Waals surface area contributed by atoms with Crippen molar-refractivity contribution in [3.05, 3.63) is 0 Å². The first-order chi connectivity index (χ1) is 7.23. The van der Waals surface area contributed by atoms with Crippen molar-refractivity contribution in [1.82, 2.24) is 0 Å². The third kappa shape index (κ3) is 2.12. The van der Waals surface area contributed by atoms with Crippen LogP contribution in [0.25, 0.3) is 0 Å². The molecule has 0 saturated heterocycles. The van der Waals surface area contributed by atoms with Crippen LogP contribution < -0.4 is 0 Å². The fraction of sp³-hybridized carbons (Fsp3) is 0.800. The Morgan fingerprint density at radius 3 is 1.35 bits per heavy atom. The predicted molar refractivity (Wildman–Crippen MR) is 27.7 cm³/mol. The molecule has 0 atom stereocenters. The van der Waals surface area contributed by atoms with Crippen LogP contribution in [0.2, 0.25) is 0 Å². The molecule has 0 saturated carbocycles. The van der Waals surface area contributed by atoms with E-state index in [1.54, 1.807) is 4.89 Å². The standard InChI is InChI=1S/C5F9O3/c6-2(7,1(15)17-16)3(8,9)4(10,11)5(12,13)14. The number of hydrogen-bond acceptors (Lipinski definition) is 2. The highest BCUT2D eigenvalue weighted by molar-refractivity contribution is 5.78. The van der Waals surface area contributed by atoms with Crippen molar-refractivity contribution in [2.45, 2.75) is 23.9 Å². The summed E-state index contributed by atoms with van der Waals surface area (Å²) in [7, 11) is 0. The maximum absolute atomic E-state index is 12.3. The molecule has 101 valence electrons. The molecule has 0 fully saturated rings. The molecule has 17 heavy (non-hydrogen) atoms. The number of carbonyl (C=O) groups is 1. The first-order valence-electron chi connectivity index (χ1n) is 3.28. The van der Waals surface area contributed by atoms with E-state index in [9.17, 15) is 44.3 Å². The summed E-state index contributed by atoms with van der Waals surface area (Å²) in [5.41, 5.74) is 0. The fourth-order valence-electron chi connectivity index (χ4n) is 0.556. The van der Waals surface area contributed by atoms with Crippen LogP contribution in [0.1, 0.15) is 0 Å². The number of alkyl halides is 9. The highest BCUT2D eigenvalue weighted by atomic mass is 19.4. The second kappa shape index (κ2) is 3.92. The zero-order chi connectivity index (χ0) is 14.3. The summed E-state index contributed by atoms with van der Waals surface area (Å²) in [6.07, 6.45) is -7.05. The Kier molecular flexibility index (Phi) is 3.65. The molecule has 0 rings (SSSR count). The molecular weight excluding hydrogens is 279 g/mol. The van der Waals surface area contributed by atoms with Crippen LogP contribution in [0.4, 0.5) is 39.5 Å². The molecule has 0 bridgehead atoms. The van der Waals surface area contributed by atoms with Crippen LogP contribution in [0.15, 0.2) is 0 Å². The maximum Gasteiger partial charge on any atom is 0.460 e. The molecule has 0 aromatic carbocycles. The normalized spacial score (nSPS) is 14.7. The number of halogens is 9. The van der Waals surface area contributed by atoms with Gasteiger partial charge in [0.2, 0.25) is 0 Å². The van der Waals surface area contributed by atoms with E-state index in [1.807, 2.05) is 0 Å². The summed E-state index contributed by atoms with van der Waals surface area (Å²) < 4.78 is 107. The van der Waals surface area contributed by atoms with Crippen molar-refractivity contribution in [3.8, 4) is 0 Å². The molecule has 0 heterocycles. The summed E-state index contributed by atoms with van der Waals surface area (Å²) in [5.74, 6) is -24.8. The molecule has 0 aromatic heterocycles. The van der Waals surface area contributed by atoms with Gasteiger partial charge in [0.05, 0.1) is 0 Å². The van der Waals surface area contributed by atoms with Gasteiger partial charge in [0, 0.05) is 5.26 Å². The lowest BCUT2D eigenvalue weighted by molar-refractivity contribution is -0.398. The topological polar surface area (TPSA) is 46.2 Å². The first kappa shape index (κ1) is 15.8. The number of rotatable bonds is 3. The predicted octanol–water partition coefficient (Wildman–Crippen LogP) is 2.34. The molecule has 0 aromatic rings. The van der Waals surface area contributed by atoms with E-state index in [0.717, 1.165) is 0 Å². The van der Waals surface area contributed by atoms with Gasteiger partial charge >= 0.3 is 29.9 Å². The second-order valence-corrected chi connectivity index (χ2v) is 2.59. The van der Waals surface area contributed by atoms with Gasteiger partial charge in [0.25, 0.3) is 0 Å². The molecule has 0 aliphatic carbocycles. The summed E-state index contributed by atoms with van der Waals surface area (Å²) in [4.78, 5) is 11.6. The van der Waals surface area contributed by atoms with Crippen molar-refractivity contribution in [1.29, 1.82) is 0 Å². The SMILES string of the molecule is [O]OC(=O)C(F)(F)C(F)(F)C(F)(F)C(F)(F)F. The van der Waals surface area contributed by atoms with Crippen molar-refractivity contribution in [3.63, 3.8) is 0 Å². The van der Waals surface area contributed by atoms with Gasteiger partial charge < -0.3 is 0 Å². The molecule has 1 radical (unpaired) electrons. The van der Waals surface area contributed by atoms with Gasteiger partial charge in [-0.2, -0.15) is 39.5 Å². The molecular formula is C5F9O3. The van der Waals surface area contributed by atoms with Gasteiger partial charge in [-0.3, -0.25) is 4.89 Å². The lowest BCUT2D eigenvalue weighted by Crippen LogP contribution is -2.63. The van der Waals surface area contributed by atoms with E-state index in [-0.39, 0.29) is 0 Å². The second-order valence-electron chi connectivity index (χ2n) is 2.59. The third-order valence-corrected chi connectivity index (χ3v) is 1.48. The van der Waals surface area contributed by atoms with Crippen LogP contribution in [-0.2, 0) is 14.9 Å². The average molecular weight is 279 g/mol. The Morgan fingerprint density at radius 2 is 1.12 bits per heavy atom. The van der Waals surface area contributed by atoms with E-state index in [1.165, 1.54) is 0 Å². The lowest BCUT2D eigenvalue weighted by Gasteiger charge is -2.31. The van der Waals surface area contributed by atoms with Crippen LogP contribution in [0.5, 0.6) is 0 Å². The van der Waals surface area contributed by atoms with Gasteiger partial charge in [0.1, 0.15) is 0 Å². The molecule has 12 heteroatoms. The molecule has 3 nitrogen and oxygen atoms in total. The number of hydrogen-bond donors (Lipinski definition) is 0. The first-order valence-corrected chi connectivity index (χ1v) is 3.28. The molecule has 0 spiro atoms. The van der Waals surface area contributed by atoms with E-state index >= 15 is 0 Å². The Labute approximate surface area is 85.7 Å². The van der Waals surface area contributed by atoms with Crippen LogP contribution in [0.3, 0.4) is 0 Å². The zero-order valence-electron chi connectivity index (χ0n) is 7.13. The highest BCUT2D eigenvalue weighted by Gasteiger charge is 2.84. The monoisotopic (exact) mass is 279 g/mol. The summed E-state index contributed by atoms with van der Waals surface area (Å²) in [5, 5.41) is 9.11. The van der Waals surface area contributed by atoms with Gasteiger partial charge in [-0.15, -0.1) is 0 Å². The van der Waals surface area contributed by atoms with Gasteiger partial charge in [-0.1, -0.05) is 0 Å². The third-order valence-electron chi connectivity index (χ3n) is 1.48. The van der Waals surface area contributed by atoms with E-state index in [4.69, 9.17) is 5.26 Å². The van der Waals surface area contributed by atoms with Gasteiger partial charge in [-0.25, -0.2) is 4.79 Å². The van der Waals surface area contributed by atoms with Crippen molar-refractivity contribution < 1.29 is 54.5 Å². The summed E-state index contributed by atoms with van der Waals surface area (Å²) in [6, 6.07) is 0. The Hall–Kier alpha value is -1.20. The zero-order valence-corrected chi connectivity index (χ0v) is 7.13. The molecule has 0 amide bonds. The smallest absolute Gasteiger partial charge is 0.259 e. The molecule has 0 N–H and O–H groups in total. The molecule has 0 aliphatic heterocycles. The Balaban J connectivity index is 5.63. The quantitative estimate of drug-likeness (QED) is 0.452. The summed E-state index contributed by atoms with van der Waals surface area (Å²) >= 11 is 0. The van der Waals surface area contributed by atoms with Gasteiger partial charge in [-0.05, 0) is 0 Å². The summed E-state index contributed by atoms with van der Waals surface area (Å²) in [6.45, 7) is 0. The van der Waals surface area contributed by atoms with Crippen LogP contribution in [0, 0.1) is 0 Å². The van der Waals surface area contributed by atoms with Gasteiger partial charge in [0.15, 0.2) is 0 Å². The minimum Gasteiger partial charge on any atom is -0.259 e. The van der Waals surface area contributed by atoms with E-state index < -0.39 is 29.9 Å². The lowest BCUT2D eigenvalue weighted by atomic mass is 10.0. The van der Waals surface area contributed by atoms with Crippen LogP contribution >= 0.6 is 0 Å². The molecule has 0 aliphatic rings. The largest absolute Gasteiger partial charge is 0.460 e. The van der Waals surface area contributed by atoms with Crippen LogP contribution in [-0.4, -0.2) is 29.9 Å². The van der Waals surface area contributed by atoms with E-state index in [2.05, 4.69) is 0 Å². The minimum absolute atomic E-state index is 1.79.